The zero-order valence-electron chi connectivity index (χ0n) is 12.0. The molecule has 1 fully saturated rings. The third-order valence-corrected chi connectivity index (χ3v) is 4.46. The lowest BCUT2D eigenvalue weighted by atomic mass is 9.91. The topological polar surface area (TPSA) is 58.1 Å². The Balaban J connectivity index is 1.75. The van der Waals surface area contributed by atoms with E-state index in [1.807, 2.05) is 29.6 Å². The van der Waals surface area contributed by atoms with Crippen LogP contribution in [0.2, 0.25) is 0 Å². The molecule has 1 unspecified atom stereocenters. The zero-order valence-corrected chi connectivity index (χ0v) is 12.8. The second-order valence-electron chi connectivity index (χ2n) is 5.19. The fourth-order valence-corrected chi connectivity index (χ4v) is 3.28. The first-order valence-electron chi connectivity index (χ1n) is 7.09. The van der Waals surface area contributed by atoms with Crippen LogP contribution in [0, 0.1) is 0 Å². The van der Waals surface area contributed by atoms with Crippen LogP contribution in [0.1, 0.15) is 34.8 Å². The van der Waals surface area contributed by atoms with E-state index < -0.39 is 0 Å². The maximum atomic E-state index is 12.4. The van der Waals surface area contributed by atoms with Crippen LogP contribution in [0.15, 0.2) is 29.2 Å². The number of carbonyl (C=O) groups excluding carboxylic acids is 1. The summed E-state index contributed by atoms with van der Waals surface area (Å²) in [5, 5.41) is 4.88. The Kier molecular flexibility index (Phi) is 4.15. The summed E-state index contributed by atoms with van der Waals surface area (Å²) in [7, 11) is 1.87. The average molecular weight is 302 g/mol. The van der Waals surface area contributed by atoms with Crippen LogP contribution >= 0.6 is 11.3 Å². The number of hydrogen-bond donors (Lipinski definition) is 1. The Morgan fingerprint density at radius 3 is 3.14 bits per heavy atom. The third kappa shape index (κ3) is 3.05. The number of pyridine rings is 1. The van der Waals surface area contributed by atoms with E-state index in [2.05, 4.69) is 21.4 Å². The van der Waals surface area contributed by atoms with E-state index in [1.165, 1.54) is 16.9 Å². The van der Waals surface area contributed by atoms with E-state index >= 15 is 0 Å². The van der Waals surface area contributed by atoms with Gasteiger partial charge in [0, 0.05) is 37.6 Å². The highest BCUT2D eigenvalue weighted by atomic mass is 32.1. The Labute approximate surface area is 128 Å². The summed E-state index contributed by atoms with van der Waals surface area (Å²) in [6, 6.07) is 4.11. The van der Waals surface area contributed by atoms with Crippen LogP contribution in [0.25, 0.3) is 0 Å². The molecule has 21 heavy (non-hydrogen) atoms. The van der Waals surface area contributed by atoms with Crippen molar-refractivity contribution in [3.8, 4) is 0 Å². The van der Waals surface area contributed by atoms with Crippen LogP contribution in [0.4, 0.5) is 5.82 Å². The molecular weight excluding hydrogens is 284 g/mol. The summed E-state index contributed by atoms with van der Waals surface area (Å²) in [5.74, 6) is 1.29. The van der Waals surface area contributed by atoms with Crippen LogP contribution in [0.3, 0.4) is 0 Å². The molecule has 1 atom stereocenters. The van der Waals surface area contributed by atoms with Gasteiger partial charge in [-0.25, -0.2) is 9.97 Å². The van der Waals surface area contributed by atoms with Crippen molar-refractivity contribution in [1.82, 2.24) is 14.9 Å². The van der Waals surface area contributed by atoms with Crippen LogP contribution in [-0.4, -0.2) is 40.9 Å². The molecule has 6 heteroatoms. The maximum absolute atomic E-state index is 12.4. The SMILES string of the molecule is CNc1cc(C2CCCN(C(=O)c3cscn3)C2)ccn1. The number of aromatic nitrogens is 2. The van der Waals surface area contributed by atoms with Crippen molar-refractivity contribution in [1.29, 1.82) is 0 Å². The van der Waals surface area contributed by atoms with Crippen molar-refractivity contribution in [2.24, 2.45) is 0 Å². The van der Waals surface area contributed by atoms with Crippen molar-refractivity contribution in [2.75, 3.05) is 25.5 Å². The van der Waals surface area contributed by atoms with Crippen LogP contribution in [0.5, 0.6) is 0 Å². The van der Waals surface area contributed by atoms with Crippen molar-refractivity contribution in [2.45, 2.75) is 18.8 Å². The number of hydrogen-bond acceptors (Lipinski definition) is 5. The Bertz CT molecular complexity index is 614. The predicted octanol–water partition coefficient (Wildman–Crippen LogP) is 2.60. The molecule has 1 amide bonds. The van der Waals surface area contributed by atoms with Gasteiger partial charge in [0.1, 0.15) is 11.5 Å². The molecule has 0 aliphatic carbocycles. The van der Waals surface area contributed by atoms with E-state index in [4.69, 9.17) is 0 Å². The Hall–Kier alpha value is -1.95. The van der Waals surface area contributed by atoms with Gasteiger partial charge < -0.3 is 10.2 Å². The molecule has 5 nitrogen and oxygen atoms in total. The van der Waals surface area contributed by atoms with E-state index in [0.717, 1.165) is 31.7 Å². The number of rotatable bonds is 3. The summed E-state index contributed by atoms with van der Waals surface area (Å²) < 4.78 is 0. The first kappa shape index (κ1) is 14.0. The molecule has 0 spiro atoms. The summed E-state index contributed by atoms with van der Waals surface area (Å²) in [6.07, 6.45) is 3.95. The number of thiazole rings is 1. The van der Waals surface area contributed by atoms with Crippen molar-refractivity contribution < 1.29 is 4.79 Å². The maximum Gasteiger partial charge on any atom is 0.273 e. The molecule has 2 aromatic rings. The first-order chi connectivity index (χ1) is 10.3. The number of carbonyl (C=O) groups is 1. The molecule has 110 valence electrons. The highest BCUT2D eigenvalue weighted by Gasteiger charge is 2.26. The molecule has 1 N–H and O–H groups in total. The largest absolute Gasteiger partial charge is 0.373 e. The van der Waals surface area contributed by atoms with Gasteiger partial charge in [0.15, 0.2) is 0 Å². The van der Waals surface area contributed by atoms with Crippen LogP contribution in [-0.2, 0) is 0 Å². The van der Waals surface area contributed by atoms with Crippen molar-refractivity contribution in [3.05, 3.63) is 40.5 Å². The predicted molar refractivity (Wildman–Crippen MR) is 83.8 cm³/mol. The molecule has 1 saturated heterocycles. The van der Waals surface area contributed by atoms with Gasteiger partial charge in [0.25, 0.3) is 5.91 Å². The molecule has 0 aromatic carbocycles. The molecular formula is C15H18N4OS. The standard InChI is InChI=1S/C15H18N4OS/c1-16-14-7-11(4-5-17-14)12-3-2-6-19(8-12)15(20)13-9-21-10-18-13/h4-5,7,9-10,12H,2-3,6,8H2,1H3,(H,16,17). The van der Waals surface area contributed by atoms with E-state index in [-0.39, 0.29) is 5.91 Å². The van der Waals surface area contributed by atoms with Crippen LogP contribution < -0.4 is 5.32 Å². The number of nitrogens with zero attached hydrogens (tertiary/aromatic N) is 3. The quantitative estimate of drug-likeness (QED) is 0.947. The van der Waals surface area contributed by atoms with Gasteiger partial charge in [-0.05, 0) is 30.5 Å². The highest BCUT2D eigenvalue weighted by Crippen LogP contribution is 2.28. The molecule has 1 aliphatic heterocycles. The van der Waals surface area contributed by atoms with Gasteiger partial charge in [-0.3, -0.25) is 4.79 Å². The number of likely N-dealkylation sites (tertiary alicyclic amines) is 1. The third-order valence-electron chi connectivity index (χ3n) is 3.87. The fourth-order valence-electron chi connectivity index (χ4n) is 2.75. The molecule has 3 rings (SSSR count). The first-order valence-corrected chi connectivity index (χ1v) is 8.03. The average Bonchev–Trinajstić information content (AvgIpc) is 3.09. The van der Waals surface area contributed by atoms with Gasteiger partial charge in [0.05, 0.1) is 5.51 Å². The lowest BCUT2D eigenvalue weighted by Gasteiger charge is -2.32. The number of piperidine rings is 1. The number of amides is 1. The van der Waals surface area contributed by atoms with Gasteiger partial charge in [-0.15, -0.1) is 11.3 Å². The van der Waals surface area contributed by atoms with E-state index in [9.17, 15) is 4.79 Å². The monoisotopic (exact) mass is 302 g/mol. The second kappa shape index (κ2) is 6.22. The lowest BCUT2D eigenvalue weighted by Crippen LogP contribution is -2.39. The van der Waals surface area contributed by atoms with Crippen molar-refractivity contribution >= 4 is 23.1 Å². The number of nitrogens with one attached hydrogen (secondary N) is 1. The smallest absolute Gasteiger partial charge is 0.273 e. The van der Waals surface area contributed by atoms with Gasteiger partial charge >= 0.3 is 0 Å². The molecule has 0 bridgehead atoms. The minimum atomic E-state index is 0.0452. The highest BCUT2D eigenvalue weighted by molar-refractivity contribution is 7.07. The zero-order chi connectivity index (χ0) is 14.7. The molecule has 0 radical (unpaired) electrons. The molecule has 2 aromatic heterocycles. The van der Waals surface area contributed by atoms with Gasteiger partial charge in [-0.2, -0.15) is 0 Å². The summed E-state index contributed by atoms with van der Waals surface area (Å²) in [6.45, 7) is 1.57. The summed E-state index contributed by atoms with van der Waals surface area (Å²) in [4.78, 5) is 22.7. The van der Waals surface area contributed by atoms with Gasteiger partial charge in [-0.1, -0.05) is 0 Å². The number of anilines is 1. The molecule has 0 saturated carbocycles. The minimum Gasteiger partial charge on any atom is -0.373 e. The summed E-state index contributed by atoms with van der Waals surface area (Å²) in [5.41, 5.74) is 3.51. The Morgan fingerprint density at radius 1 is 1.48 bits per heavy atom. The molecule has 3 heterocycles. The van der Waals surface area contributed by atoms with E-state index in [0.29, 0.717) is 11.6 Å². The second-order valence-corrected chi connectivity index (χ2v) is 5.91. The lowest BCUT2D eigenvalue weighted by molar-refractivity contribution is 0.0702. The van der Waals surface area contributed by atoms with Gasteiger partial charge in [0.2, 0.25) is 0 Å². The minimum absolute atomic E-state index is 0.0452. The fraction of sp³-hybridized carbons (Fsp3) is 0.400. The summed E-state index contributed by atoms with van der Waals surface area (Å²) >= 11 is 1.46. The van der Waals surface area contributed by atoms with Crippen molar-refractivity contribution in [3.63, 3.8) is 0 Å². The Morgan fingerprint density at radius 2 is 2.38 bits per heavy atom. The normalized spacial score (nSPS) is 18.5. The van der Waals surface area contributed by atoms with E-state index in [1.54, 1.807) is 5.51 Å². The molecule has 1 aliphatic rings.